The molecule has 0 amide bonds. The van der Waals surface area contributed by atoms with Gasteiger partial charge in [0.25, 0.3) is 0 Å². The van der Waals surface area contributed by atoms with Gasteiger partial charge in [-0.05, 0) is 38.3 Å². The Hall–Kier alpha value is -0.220. The normalized spacial score (nSPS) is 30.5. The summed E-state index contributed by atoms with van der Waals surface area (Å²) in [5, 5.41) is 12.1. The van der Waals surface area contributed by atoms with Crippen molar-refractivity contribution in [2.75, 3.05) is 19.7 Å². The fourth-order valence-corrected chi connectivity index (χ4v) is 1.92. The Kier molecular flexibility index (Phi) is 3.62. The Labute approximate surface area is 77.3 Å². The van der Waals surface area contributed by atoms with Gasteiger partial charge in [0, 0.05) is 13.0 Å². The van der Waals surface area contributed by atoms with E-state index in [0.717, 1.165) is 19.9 Å². The fourth-order valence-electron chi connectivity index (χ4n) is 1.92. The van der Waals surface area contributed by atoms with Crippen LogP contribution in [0.5, 0.6) is 0 Å². The number of aliphatic hydroxyl groups excluding tert-OH is 1. The third-order valence-electron chi connectivity index (χ3n) is 2.62. The van der Waals surface area contributed by atoms with Crippen molar-refractivity contribution in [1.29, 1.82) is 0 Å². The summed E-state index contributed by atoms with van der Waals surface area (Å²) < 4.78 is 25.4. The van der Waals surface area contributed by atoms with Crippen LogP contribution < -0.4 is 5.32 Å². The first kappa shape index (κ1) is 10.9. The lowest BCUT2D eigenvalue weighted by atomic mass is 9.83. The van der Waals surface area contributed by atoms with Crippen LogP contribution in [0.25, 0.3) is 0 Å². The minimum atomic E-state index is -2.61. The summed E-state index contributed by atoms with van der Waals surface area (Å²) in [6.45, 7) is 2.41. The molecule has 4 heteroatoms. The maximum absolute atomic E-state index is 12.7. The third-order valence-corrected chi connectivity index (χ3v) is 2.62. The highest BCUT2D eigenvalue weighted by atomic mass is 19.3. The van der Waals surface area contributed by atoms with Crippen LogP contribution in [0, 0.1) is 11.8 Å². The first-order chi connectivity index (χ1) is 6.03. The molecule has 0 radical (unpaired) electrons. The van der Waals surface area contributed by atoms with Gasteiger partial charge in [0.05, 0.1) is 0 Å². The molecule has 2 N–H and O–H groups in total. The molecule has 1 rings (SSSR count). The molecule has 2 unspecified atom stereocenters. The maximum atomic E-state index is 12.7. The van der Waals surface area contributed by atoms with E-state index in [4.69, 9.17) is 5.11 Å². The summed E-state index contributed by atoms with van der Waals surface area (Å²) in [6.07, 6.45) is 0.683. The minimum absolute atomic E-state index is 0.0302. The van der Waals surface area contributed by atoms with Gasteiger partial charge in [-0.2, -0.15) is 0 Å². The number of alkyl halides is 2. The Morgan fingerprint density at radius 1 is 1.46 bits per heavy atom. The summed E-state index contributed by atoms with van der Waals surface area (Å²) in [4.78, 5) is 0. The third kappa shape index (κ3) is 3.56. The van der Waals surface area contributed by atoms with E-state index in [1.54, 1.807) is 0 Å². The van der Waals surface area contributed by atoms with Crippen molar-refractivity contribution in [3.8, 4) is 0 Å². The van der Waals surface area contributed by atoms with E-state index in [1.807, 2.05) is 0 Å². The largest absolute Gasteiger partial charge is 0.396 e. The van der Waals surface area contributed by atoms with Gasteiger partial charge in [-0.1, -0.05) is 0 Å². The van der Waals surface area contributed by atoms with Crippen LogP contribution in [0.4, 0.5) is 8.78 Å². The molecule has 0 aromatic rings. The lowest BCUT2D eigenvalue weighted by Crippen LogP contribution is -2.40. The summed E-state index contributed by atoms with van der Waals surface area (Å²) in [5.74, 6) is -2.65. The van der Waals surface area contributed by atoms with Crippen molar-refractivity contribution in [3.05, 3.63) is 0 Å². The van der Waals surface area contributed by atoms with Crippen molar-refractivity contribution in [3.63, 3.8) is 0 Å². The number of hydrogen-bond donors (Lipinski definition) is 2. The molecular formula is C9H17F2NO. The van der Waals surface area contributed by atoms with Gasteiger partial charge < -0.3 is 10.4 Å². The maximum Gasteiger partial charge on any atom is 0.245 e. The highest BCUT2D eigenvalue weighted by Crippen LogP contribution is 2.30. The van der Waals surface area contributed by atoms with Crippen LogP contribution in [-0.4, -0.2) is 30.7 Å². The predicted octanol–water partition coefficient (Wildman–Crippen LogP) is 1.25. The molecule has 0 aromatic heterocycles. The Morgan fingerprint density at radius 2 is 2.15 bits per heavy atom. The Bertz CT molecular complexity index is 158. The van der Waals surface area contributed by atoms with Crippen molar-refractivity contribution in [2.45, 2.75) is 25.7 Å². The molecule has 13 heavy (non-hydrogen) atoms. The lowest BCUT2D eigenvalue weighted by Gasteiger charge is -2.32. The topological polar surface area (TPSA) is 32.3 Å². The number of piperidine rings is 1. The van der Waals surface area contributed by atoms with Crippen LogP contribution in [0.15, 0.2) is 0 Å². The van der Waals surface area contributed by atoms with Gasteiger partial charge in [0.1, 0.15) is 0 Å². The molecule has 0 aliphatic carbocycles. The summed E-state index contributed by atoms with van der Waals surface area (Å²) in [6, 6.07) is 0. The van der Waals surface area contributed by atoms with Gasteiger partial charge in [-0.3, -0.25) is 0 Å². The summed E-state index contributed by atoms with van der Waals surface area (Å²) in [7, 11) is 0. The number of hydrogen-bond acceptors (Lipinski definition) is 2. The number of aliphatic hydroxyl groups is 1. The van der Waals surface area contributed by atoms with Gasteiger partial charge in [0.15, 0.2) is 0 Å². The van der Waals surface area contributed by atoms with Crippen molar-refractivity contribution in [2.24, 2.45) is 11.8 Å². The number of nitrogens with one attached hydrogen (secondary N) is 1. The Morgan fingerprint density at radius 3 is 2.69 bits per heavy atom. The van der Waals surface area contributed by atoms with E-state index < -0.39 is 5.92 Å². The zero-order chi connectivity index (χ0) is 9.90. The molecule has 0 saturated carbocycles. The predicted molar refractivity (Wildman–Crippen MR) is 46.8 cm³/mol. The standard InChI is InChI=1S/C9H17F2NO/c1-9(10,11)4-8-5-12-3-2-7(8)6-13/h7-8,12-13H,2-6H2,1H3. The molecule has 1 heterocycles. The van der Waals surface area contributed by atoms with Crippen LogP contribution in [0.3, 0.4) is 0 Å². The van der Waals surface area contributed by atoms with Gasteiger partial charge in [-0.25, -0.2) is 8.78 Å². The molecule has 1 fully saturated rings. The molecule has 1 aliphatic rings. The molecule has 1 saturated heterocycles. The second-order valence-corrected chi connectivity index (χ2v) is 3.97. The zero-order valence-corrected chi connectivity index (χ0v) is 7.89. The van der Waals surface area contributed by atoms with Gasteiger partial charge in [0.2, 0.25) is 5.92 Å². The monoisotopic (exact) mass is 193 g/mol. The molecule has 2 nitrogen and oxygen atoms in total. The number of rotatable bonds is 3. The van der Waals surface area contributed by atoms with Crippen molar-refractivity contribution in [1.82, 2.24) is 5.32 Å². The average molecular weight is 193 g/mol. The second-order valence-electron chi connectivity index (χ2n) is 3.97. The summed E-state index contributed by atoms with van der Waals surface area (Å²) >= 11 is 0. The first-order valence-corrected chi connectivity index (χ1v) is 4.72. The van der Waals surface area contributed by atoms with Crippen molar-refractivity contribution >= 4 is 0 Å². The van der Waals surface area contributed by atoms with Gasteiger partial charge in [-0.15, -0.1) is 0 Å². The molecule has 0 bridgehead atoms. The van der Waals surface area contributed by atoms with E-state index >= 15 is 0 Å². The van der Waals surface area contributed by atoms with E-state index in [-0.39, 0.29) is 24.9 Å². The molecule has 2 atom stereocenters. The second kappa shape index (κ2) is 4.33. The van der Waals surface area contributed by atoms with Crippen LogP contribution >= 0.6 is 0 Å². The Balaban J connectivity index is 2.45. The minimum Gasteiger partial charge on any atom is -0.396 e. The molecule has 0 aromatic carbocycles. The van der Waals surface area contributed by atoms with Gasteiger partial charge >= 0.3 is 0 Å². The van der Waals surface area contributed by atoms with Crippen LogP contribution in [-0.2, 0) is 0 Å². The molecule has 1 aliphatic heterocycles. The van der Waals surface area contributed by atoms with Crippen LogP contribution in [0.1, 0.15) is 19.8 Å². The SMILES string of the molecule is CC(F)(F)CC1CNCCC1CO. The van der Waals surface area contributed by atoms with E-state index in [2.05, 4.69) is 5.32 Å². The number of halogens is 2. The highest BCUT2D eigenvalue weighted by Gasteiger charge is 2.32. The molecule has 0 spiro atoms. The summed E-state index contributed by atoms with van der Waals surface area (Å²) in [5.41, 5.74) is 0. The zero-order valence-electron chi connectivity index (χ0n) is 7.89. The van der Waals surface area contributed by atoms with E-state index in [9.17, 15) is 8.78 Å². The van der Waals surface area contributed by atoms with Crippen LogP contribution in [0.2, 0.25) is 0 Å². The quantitative estimate of drug-likeness (QED) is 0.707. The molecule has 78 valence electrons. The van der Waals surface area contributed by atoms with E-state index in [1.165, 1.54) is 0 Å². The molecular weight excluding hydrogens is 176 g/mol. The van der Waals surface area contributed by atoms with E-state index in [0.29, 0.717) is 6.54 Å². The first-order valence-electron chi connectivity index (χ1n) is 4.72. The highest BCUT2D eigenvalue weighted by molar-refractivity contribution is 4.80. The average Bonchev–Trinajstić information content (AvgIpc) is 2.02. The van der Waals surface area contributed by atoms with Crippen molar-refractivity contribution < 1.29 is 13.9 Å². The smallest absolute Gasteiger partial charge is 0.245 e. The fraction of sp³-hybridized carbons (Fsp3) is 1.00. The lowest BCUT2D eigenvalue weighted by molar-refractivity contribution is -0.0217.